The Labute approximate surface area is 121 Å². The third-order valence-corrected chi connectivity index (χ3v) is 4.44. The fraction of sp³-hybridized carbons (Fsp3) is 0.312. The van der Waals surface area contributed by atoms with Crippen LogP contribution < -0.4 is 5.56 Å². The van der Waals surface area contributed by atoms with Gasteiger partial charge in [-0.25, -0.2) is 0 Å². The summed E-state index contributed by atoms with van der Waals surface area (Å²) in [6.45, 7) is 6.71. The van der Waals surface area contributed by atoms with Crippen LogP contribution in [0.25, 0.3) is 21.4 Å². The van der Waals surface area contributed by atoms with Gasteiger partial charge in [0, 0.05) is 28.7 Å². The van der Waals surface area contributed by atoms with E-state index in [1.807, 2.05) is 42.0 Å². The molecule has 0 bridgehead atoms. The van der Waals surface area contributed by atoms with Crippen LogP contribution in [0.5, 0.6) is 0 Å². The van der Waals surface area contributed by atoms with E-state index >= 15 is 0 Å². The Bertz CT molecular complexity index is 809. The molecular formula is C16H17NO2S. The van der Waals surface area contributed by atoms with Gasteiger partial charge in [0.25, 0.3) is 5.56 Å². The standard InChI is InChI=1S/C16H17NO2S/c1-4-7-17-10(2)9-12-15(16(17)18)14(11(3)19-12)13-6-5-8-20-13/h5-6,8-9H,4,7H2,1-3H3. The highest BCUT2D eigenvalue weighted by atomic mass is 32.1. The van der Waals surface area contributed by atoms with E-state index in [4.69, 9.17) is 4.42 Å². The Morgan fingerprint density at radius 1 is 1.35 bits per heavy atom. The Morgan fingerprint density at radius 2 is 2.15 bits per heavy atom. The molecule has 0 saturated carbocycles. The van der Waals surface area contributed by atoms with Gasteiger partial charge in [0.1, 0.15) is 11.3 Å². The molecule has 0 spiro atoms. The average molecular weight is 287 g/mol. The number of aryl methyl sites for hydroxylation is 2. The molecule has 0 saturated heterocycles. The first-order valence-corrected chi connectivity index (χ1v) is 7.69. The summed E-state index contributed by atoms with van der Waals surface area (Å²) in [4.78, 5) is 13.9. The normalized spacial score (nSPS) is 11.3. The third kappa shape index (κ3) is 1.91. The Kier molecular flexibility index (Phi) is 3.26. The molecule has 104 valence electrons. The van der Waals surface area contributed by atoms with Crippen molar-refractivity contribution >= 4 is 22.3 Å². The van der Waals surface area contributed by atoms with E-state index < -0.39 is 0 Å². The topological polar surface area (TPSA) is 35.1 Å². The van der Waals surface area contributed by atoms with Crippen LogP contribution in [0.4, 0.5) is 0 Å². The largest absolute Gasteiger partial charge is 0.460 e. The van der Waals surface area contributed by atoms with Gasteiger partial charge in [-0.2, -0.15) is 0 Å². The zero-order valence-corrected chi connectivity index (χ0v) is 12.7. The van der Waals surface area contributed by atoms with E-state index in [0.29, 0.717) is 11.0 Å². The molecule has 0 aliphatic rings. The summed E-state index contributed by atoms with van der Waals surface area (Å²) in [6.07, 6.45) is 0.942. The maximum absolute atomic E-state index is 12.8. The lowest BCUT2D eigenvalue weighted by Gasteiger charge is -2.08. The van der Waals surface area contributed by atoms with Gasteiger partial charge < -0.3 is 8.98 Å². The summed E-state index contributed by atoms with van der Waals surface area (Å²) in [7, 11) is 0. The van der Waals surface area contributed by atoms with Crippen molar-refractivity contribution in [2.45, 2.75) is 33.7 Å². The highest BCUT2D eigenvalue weighted by molar-refractivity contribution is 7.13. The lowest BCUT2D eigenvalue weighted by atomic mass is 10.1. The number of fused-ring (bicyclic) bond motifs is 1. The van der Waals surface area contributed by atoms with Gasteiger partial charge in [-0.05, 0) is 31.7 Å². The van der Waals surface area contributed by atoms with Gasteiger partial charge >= 0.3 is 0 Å². The summed E-state index contributed by atoms with van der Waals surface area (Å²) >= 11 is 1.63. The first-order chi connectivity index (χ1) is 9.63. The van der Waals surface area contributed by atoms with Crippen LogP contribution in [0.1, 0.15) is 24.8 Å². The fourth-order valence-corrected chi connectivity index (χ4v) is 3.49. The van der Waals surface area contributed by atoms with E-state index in [1.165, 1.54) is 0 Å². The molecule has 3 nitrogen and oxygen atoms in total. The van der Waals surface area contributed by atoms with Crippen molar-refractivity contribution in [1.29, 1.82) is 0 Å². The minimum Gasteiger partial charge on any atom is -0.460 e. The van der Waals surface area contributed by atoms with Gasteiger partial charge in [0.05, 0.1) is 5.39 Å². The summed E-state index contributed by atoms with van der Waals surface area (Å²) in [5.74, 6) is 0.813. The van der Waals surface area contributed by atoms with Gasteiger partial charge in [-0.3, -0.25) is 4.79 Å². The molecule has 0 atom stereocenters. The van der Waals surface area contributed by atoms with Crippen LogP contribution in [-0.4, -0.2) is 4.57 Å². The molecule has 0 radical (unpaired) electrons. The van der Waals surface area contributed by atoms with Crippen molar-refractivity contribution in [3.63, 3.8) is 0 Å². The van der Waals surface area contributed by atoms with Crippen LogP contribution in [0, 0.1) is 13.8 Å². The van der Waals surface area contributed by atoms with Gasteiger partial charge in [0.2, 0.25) is 0 Å². The van der Waals surface area contributed by atoms with Crippen molar-refractivity contribution in [3.8, 4) is 10.4 Å². The molecule has 0 amide bonds. The monoisotopic (exact) mass is 287 g/mol. The first kappa shape index (κ1) is 13.2. The fourth-order valence-electron chi connectivity index (χ4n) is 2.66. The number of aromatic nitrogens is 1. The number of furan rings is 1. The van der Waals surface area contributed by atoms with Gasteiger partial charge in [-0.15, -0.1) is 11.3 Å². The Balaban J connectivity index is 2.40. The minimum atomic E-state index is 0.0575. The molecule has 0 aliphatic carbocycles. The van der Waals surface area contributed by atoms with E-state index in [-0.39, 0.29) is 5.56 Å². The maximum Gasteiger partial charge on any atom is 0.262 e. The number of thiophene rings is 1. The molecule has 4 heteroatoms. The number of hydrogen-bond acceptors (Lipinski definition) is 3. The molecule has 0 aliphatic heterocycles. The van der Waals surface area contributed by atoms with Gasteiger partial charge in [-0.1, -0.05) is 13.0 Å². The van der Waals surface area contributed by atoms with E-state index in [1.54, 1.807) is 11.3 Å². The number of pyridine rings is 1. The van der Waals surface area contributed by atoms with Crippen molar-refractivity contribution in [2.24, 2.45) is 0 Å². The molecular weight excluding hydrogens is 270 g/mol. The van der Waals surface area contributed by atoms with E-state index in [2.05, 4.69) is 6.92 Å². The Morgan fingerprint density at radius 3 is 2.80 bits per heavy atom. The lowest BCUT2D eigenvalue weighted by Crippen LogP contribution is -2.22. The SMILES string of the molecule is CCCn1c(C)cc2oc(C)c(-c3cccs3)c2c1=O. The molecule has 0 unspecified atom stereocenters. The lowest BCUT2D eigenvalue weighted by molar-refractivity contribution is 0.575. The first-order valence-electron chi connectivity index (χ1n) is 6.81. The van der Waals surface area contributed by atoms with Crippen LogP contribution >= 0.6 is 11.3 Å². The quantitative estimate of drug-likeness (QED) is 0.718. The molecule has 0 N–H and O–H groups in total. The number of hydrogen-bond donors (Lipinski definition) is 0. The smallest absolute Gasteiger partial charge is 0.262 e. The van der Waals surface area contributed by atoms with E-state index in [9.17, 15) is 4.79 Å². The number of nitrogens with zero attached hydrogens (tertiary/aromatic N) is 1. The highest BCUT2D eigenvalue weighted by Crippen LogP contribution is 2.35. The minimum absolute atomic E-state index is 0.0575. The molecule has 0 fully saturated rings. The van der Waals surface area contributed by atoms with Crippen molar-refractivity contribution in [1.82, 2.24) is 4.57 Å². The zero-order valence-electron chi connectivity index (χ0n) is 11.9. The van der Waals surface area contributed by atoms with Crippen LogP contribution in [0.2, 0.25) is 0 Å². The van der Waals surface area contributed by atoms with Crippen LogP contribution in [0.3, 0.4) is 0 Å². The third-order valence-electron chi connectivity index (χ3n) is 3.55. The summed E-state index contributed by atoms with van der Waals surface area (Å²) in [6, 6.07) is 6.00. The summed E-state index contributed by atoms with van der Waals surface area (Å²) < 4.78 is 7.65. The second-order valence-corrected chi connectivity index (χ2v) is 5.94. The second kappa shape index (κ2) is 4.94. The second-order valence-electron chi connectivity index (χ2n) is 4.99. The number of rotatable bonds is 3. The van der Waals surface area contributed by atoms with Crippen molar-refractivity contribution < 1.29 is 4.42 Å². The van der Waals surface area contributed by atoms with Gasteiger partial charge in [0.15, 0.2) is 0 Å². The molecule has 0 aromatic carbocycles. The molecule has 3 heterocycles. The molecule has 3 rings (SSSR count). The van der Waals surface area contributed by atoms with Crippen LogP contribution in [0.15, 0.2) is 32.8 Å². The van der Waals surface area contributed by atoms with Crippen LogP contribution in [-0.2, 0) is 6.54 Å². The predicted octanol–water partition coefficient (Wildman–Crippen LogP) is 4.35. The van der Waals surface area contributed by atoms with Crippen molar-refractivity contribution in [3.05, 3.63) is 45.4 Å². The van der Waals surface area contributed by atoms with Crippen molar-refractivity contribution in [2.75, 3.05) is 0 Å². The zero-order chi connectivity index (χ0) is 14.3. The molecule has 3 aromatic rings. The molecule has 3 aromatic heterocycles. The predicted molar refractivity (Wildman–Crippen MR) is 83.6 cm³/mol. The Hall–Kier alpha value is -1.81. The van der Waals surface area contributed by atoms with E-state index in [0.717, 1.165) is 34.9 Å². The maximum atomic E-state index is 12.8. The average Bonchev–Trinajstić information content (AvgIpc) is 3.01. The summed E-state index contributed by atoms with van der Waals surface area (Å²) in [5.41, 5.74) is 2.66. The highest BCUT2D eigenvalue weighted by Gasteiger charge is 2.19. The summed E-state index contributed by atoms with van der Waals surface area (Å²) in [5, 5.41) is 2.73. The molecule has 20 heavy (non-hydrogen) atoms.